The van der Waals surface area contributed by atoms with Crippen LogP contribution in [-0.4, -0.2) is 28.8 Å². The highest BCUT2D eigenvalue weighted by molar-refractivity contribution is 6.30. The molecule has 0 aromatic heterocycles. The third-order valence-electron chi connectivity index (χ3n) is 5.68. The normalized spacial score (nSPS) is 13.0. The second-order valence-electron chi connectivity index (χ2n) is 8.54. The van der Waals surface area contributed by atoms with E-state index in [2.05, 4.69) is 43.4 Å². The van der Waals surface area contributed by atoms with Gasteiger partial charge in [0, 0.05) is 24.0 Å². The second-order valence-corrected chi connectivity index (χ2v) is 8.98. The van der Waals surface area contributed by atoms with Crippen molar-refractivity contribution in [3.05, 3.63) is 70.2 Å². The Kier molecular flexibility index (Phi) is 9.57. The molecule has 1 N–H and O–H groups in total. The van der Waals surface area contributed by atoms with E-state index in [1.165, 1.54) is 5.56 Å². The van der Waals surface area contributed by atoms with Crippen LogP contribution < -0.4 is 5.32 Å². The van der Waals surface area contributed by atoms with Crippen molar-refractivity contribution in [2.24, 2.45) is 0 Å². The van der Waals surface area contributed by atoms with Gasteiger partial charge < -0.3 is 10.2 Å². The van der Waals surface area contributed by atoms with Crippen molar-refractivity contribution in [1.29, 1.82) is 0 Å². The lowest BCUT2D eigenvalue weighted by atomic mass is 10.00. The van der Waals surface area contributed by atoms with Gasteiger partial charge in [-0.3, -0.25) is 9.59 Å². The Morgan fingerprint density at radius 2 is 1.68 bits per heavy atom. The Bertz CT molecular complexity index is 864. The SMILES string of the molecule is CC[C@@H](C)NC(=O)[C@@H](C)N(Cc1cccc(Cl)c1)C(=O)CCc1ccc(C(C)C)cc1. The molecular formula is C26H35ClN2O2. The molecule has 0 spiro atoms. The minimum absolute atomic E-state index is 0.0419. The number of amides is 2. The Labute approximate surface area is 192 Å². The number of nitrogens with zero attached hydrogens (tertiary/aromatic N) is 1. The maximum atomic E-state index is 13.2. The molecule has 2 rings (SSSR count). The van der Waals surface area contributed by atoms with Gasteiger partial charge in [-0.1, -0.05) is 68.8 Å². The van der Waals surface area contributed by atoms with Gasteiger partial charge in [0.25, 0.3) is 0 Å². The molecule has 0 aliphatic heterocycles. The van der Waals surface area contributed by atoms with Crippen LogP contribution in [0.15, 0.2) is 48.5 Å². The van der Waals surface area contributed by atoms with Crippen LogP contribution in [0.5, 0.6) is 0 Å². The molecule has 0 unspecified atom stereocenters. The van der Waals surface area contributed by atoms with Crippen molar-refractivity contribution in [2.45, 2.75) is 78.4 Å². The molecule has 0 fully saturated rings. The number of carbonyl (C=O) groups excluding carboxylic acids is 2. The highest BCUT2D eigenvalue weighted by atomic mass is 35.5. The van der Waals surface area contributed by atoms with Crippen LogP contribution in [0.25, 0.3) is 0 Å². The van der Waals surface area contributed by atoms with E-state index in [0.717, 1.165) is 17.5 Å². The summed E-state index contributed by atoms with van der Waals surface area (Å²) in [4.78, 5) is 27.6. The number of carbonyl (C=O) groups is 2. The van der Waals surface area contributed by atoms with Gasteiger partial charge in [-0.15, -0.1) is 0 Å². The van der Waals surface area contributed by atoms with E-state index in [4.69, 9.17) is 11.6 Å². The lowest BCUT2D eigenvalue weighted by molar-refractivity contribution is -0.140. The number of benzene rings is 2. The number of rotatable bonds is 10. The minimum atomic E-state index is -0.566. The van der Waals surface area contributed by atoms with Crippen molar-refractivity contribution in [1.82, 2.24) is 10.2 Å². The first-order valence-corrected chi connectivity index (χ1v) is 11.5. The maximum Gasteiger partial charge on any atom is 0.242 e. The van der Waals surface area contributed by atoms with Crippen LogP contribution in [0, 0.1) is 0 Å². The van der Waals surface area contributed by atoms with Gasteiger partial charge in [0.2, 0.25) is 11.8 Å². The molecule has 0 heterocycles. The van der Waals surface area contributed by atoms with E-state index in [-0.39, 0.29) is 17.9 Å². The van der Waals surface area contributed by atoms with Crippen LogP contribution in [0.3, 0.4) is 0 Å². The smallest absolute Gasteiger partial charge is 0.242 e. The van der Waals surface area contributed by atoms with E-state index in [1.807, 2.05) is 32.0 Å². The largest absolute Gasteiger partial charge is 0.352 e. The van der Waals surface area contributed by atoms with Gasteiger partial charge in [-0.05, 0) is 61.4 Å². The van der Waals surface area contributed by atoms with Crippen LogP contribution in [0.4, 0.5) is 0 Å². The van der Waals surface area contributed by atoms with E-state index in [9.17, 15) is 9.59 Å². The predicted octanol–water partition coefficient (Wildman–Crippen LogP) is 5.73. The molecule has 0 radical (unpaired) electrons. The number of hydrogen-bond donors (Lipinski definition) is 1. The summed E-state index contributed by atoms with van der Waals surface area (Å²) < 4.78 is 0. The molecule has 2 atom stereocenters. The van der Waals surface area contributed by atoms with E-state index in [1.54, 1.807) is 17.9 Å². The lowest BCUT2D eigenvalue weighted by Crippen LogP contribution is -2.49. The first-order valence-electron chi connectivity index (χ1n) is 11.1. The third kappa shape index (κ3) is 7.70. The van der Waals surface area contributed by atoms with E-state index >= 15 is 0 Å². The molecule has 168 valence electrons. The summed E-state index contributed by atoms with van der Waals surface area (Å²) in [6.07, 6.45) is 1.83. The molecule has 0 saturated carbocycles. The summed E-state index contributed by atoms with van der Waals surface area (Å²) in [7, 11) is 0. The molecule has 0 aliphatic carbocycles. The number of halogens is 1. The Morgan fingerprint density at radius 1 is 1.00 bits per heavy atom. The minimum Gasteiger partial charge on any atom is -0.352 e. The van der Waals surface area contributed by atoms with Gasteiger partial charge in [-0.2, -0.15) is 0 Å². The first kappa shape index (κ1) is 24.9. The summed E-state index contributed by atoms with van der Waals surface area (Å²) in [5.74, 6) is 0.305. The Hall–Kier alpha value is -2.33. The molecule has 0 saturated heterocycles. The zero-order valence-corrected chi connectivity index (χ0v) is 20.1. The first-order chi connectivity index (χ1) is 14.7. The number of hydrogen-bond acceptors (Lipinski definition) is 2. The van der Waals surface area contributed by atoms with Gasteiger partial charge in [0.1, 0.15) is 6.04 Å². The zero-order valence-electron chi connectivity index (χ0n) is 19.3. The molecular weight excluding hydrogens is 408 g/mol. The molecule has 2 aromatic carbocycles. The number of nitrogens with one attached hydrogen (secondary N) is 1. The molecule has 31 heavy (non-hydrogen) atoms. The van der Waals surface area contributed by atoms with Gasteiger partial charge in [-0.25, -0.2) is 0 Å². The average Bonchev–Trinajstić information content (AvgIpc) is 2.75. The van der Waals surface area contributed by atoms with Crippen molar-refractivity contribution in [3.8, 4) is 0 Å². The summed E-state index contributed by atoms with van der Waals surface area (Å²) in [5, 5.41) is 3.61. The summed E-state index contributed by atoms with van der Waals surface area (Å²) in [6, 6.07) is 15.3. The summed E-state index contributed by atoms with van der Waals surface area (Å²) in [6.45, 7) is 10.5. The third-order valence-corrected chi connectivity index (χ3v) is 5.92. The highest BCUT2D eigenvalue weighted by Crippen LogP contribution is 2.18. The molecule has 0 bridgehead atoms. The van der Waals surface area contributed by atoms with Crippen molar-refractivity contribution < 1.29 is 9.59 Å². The fraction of sp³-hybridized carbons (Fsp3) is 0.462. The average molecular weight is 443 g/mol. The Morgan fingerprint density at radius 3 is 2.26 bits per heavy atom. The molecule has 2 amide bonds. The fourth-order valence-electron chi connectivity index (χ4n) is 3.34. The van der Waals surface area contributed by atoms with Gasteiger partial charge >= 0.3 is 0 Å². The van der Waals surface area contributed by atoms with Gasteiger partial charge in [0.05, 0.1) is 0 Å². The summed E-state index contributed by atoms with van der Waals surface area (Å²) in [5.41, 5.74) is 3.32. The predicted molar refractivity (Wildman–Crippen MR) is 128 cm³/mol. The maximum absolute atomic E-state index is 13.2. The Balaban J connectivity index is 2.13. The van der Waals surface area contributed by atoms with Crippen molar-refractivity contribution in [2.75, 3.05) is 0 Å². The van der Waals surface area contributed by atoms with Crippen LogP contribution in [0.1, 0.15) is 70.1 Å². The topological polar surface area (TPSA) is 49.4 Å². The van der Waals surface area contributed by atoms with Crippen LogP contribution in [-0.2, 0) is 22.6 Å². The second kappa shape index (κ2) is 11.9. The van der Waals surface area contributed by atoms with E-state index in [0.29, 0.717) is 30.3 Å². The summed E-state index contributed by atoms with van der Waals surface area (Å²) >= 11 is 6.13. The highest BCUT2D eigenvalue weighted by Gasteiger charge is 2.26. The quantitative estimate of drug-likeness (QED) is 0.510. The molecule has 0 aliphatic rings. The fourth-order valence-corrected chi connectivity index (χ4v) is 3.56. The molecule has 4 nitrogen and oxygen atoms in total. The monoisotopic (exact) mass is 442 g/mol. The number of aryl methyl sites for hydroxylation is 1. The zero-order chi connectivity index (χ0) is 23.0. The van der Waals surface area contributed by atoms with Gasteiger partial charge in [0.15, 0.2) is 0 Å². The van der Waals surface area contributed by atoms with Crippen LogP contribution >= 0.6 is 11.6 Å². The molecule has 5 heteroatoms. The lowest BCUT2D eigenvalue weighted by Gasteiger charge is -2.30. The van der Waals surface area contributed by atoms with Crippen molar-refractivity contribution >= 4 is 23.4 Å². The van der Waals surface area contributed by atoms with Crippen LogP contribution in [0.2, 0.25) is 5.02 Å². The van der Waals surface area contributed by atoms with E-state index < -0.39 is 6.04 Å². The standard InChI is InChI=1S/C26H35ClN2O2/c1-6-19(4)28-26(31)20(5)29(17-22-8-7-9-24(27)16-22)25(30)15-12-21-10-13-23(14-11-21)18(2)3/h7-11,13-14,16,18-20H,6,12,15,17H2,1-5H3,(H,28,31)/t19-,20-/m1/s1. The van der Waals surface area contributed by atoms with Crippen molar-refractivity contribution in [3.63, 3.8) is 0 Å². The molecule has 2 aromatic rings.